The van der Waals surface area contributed by atoms with Crippen molar-refractivity contribution in [2.75, 3.05) is 30.9 Å². The molecule has 0 saturated carbocycles. The Balaban J connectivity index is 2.20. The zero-order valence-corrected chi connectivity index (χ0v) is 14.1. The minimum absolute atomic E-state index is 0.246. The van der Waals surface area contributed by atoms with E-state index < -0.39 is 5.91 Å². The van der Waals surface area contributed by atoms with Crippen LogP contribution in [0.1, 0.15) is 10.4 Å². The number of halogens is 1. The number of hydrogen-bond acceptors (Lipinski definition) is 4. The number of para-hydroxylation sites is 1. The summed E-state index contributed by atoms with van der Waals surface area (Å²) in [4.78, 5) is 25.1. The van der Waals surface area contributed by atoms with Crippen LogP contribution in [0.4, 0.5) is 11.4 Å². The summed E-state index contributed by atoms with van der Waals surface area (Å²) in [6.45, 7) is -0.246. The molecular weight excluding hydrogens is 330 g/mol. The van der Waals surface area contributed by atoms with Gasteiger partial charge in [0.2, 0.25) is 0 Å². The third kappa shape index (κ3) is 4.39. The minimum atomic E-state index is -0.584. The smallest absolute Gasteiger partial charge is 0.255 e. The van der Waals surface area contributed by atoms with Crippen LogP contribution in [-0.4, -0.2) is 32.5 Å². The highest BCUT2D eigenvalue weighted by atomic mass is 35.5. The summed E-state index contributed by atoms with van der Waals surface area (Å²) in [7, 11) is 3.68. The lowest BCUT2D eigenvalue weighted by atomic mass is 10.2. The molecule has 0 atom stereocenters. The van der Waals surface area contributed by atoms with Gasteiger partial charge in [0.05, 0.1) is 16.4 Å². The fourth-order valence-electron chi connectivity index (χ4n) is 2.15. The van der Waals surface area contributed by atoms with Crippen LogP contribution in [0.2, 0.25) is 5.02 Å². The lowest BCUT2D eigenvalue weighted by molar-refractivity contribution is -0.119. The maximum absolute atomic E-state index is 12.5. The molecule has 0 unspecified atom stereocenters. The van der Waals surface area contributed by atoms with Gasteiger partial charge in [0.15, 0.2) is 6.61 Å². The molecule has 2 aromatic carbocycles. The molecule has 2 amide bonds. The number of rotatable bonds is 6. The summed E-state index contributed by atoms with van der Waals surface area (Å²) >= 11 is 6.19. The van der Waals surface area contributed by atoms with Gasteiger partial charge >= 0.3 is 0 Å². The van der Waals surface area contributed by atoms with Gasteiger partial charge in [-0.3, -0.25) is 9.59 Å². The van der Waals surface area contributed by atoms with Crippen LogP contribution in [0.25, 0.3) is 0 Å². The SMILES string of the molecule is CN(C)c1c(Cl)cccc1NC(=O)c1cccc(OCC(N)=O)c1. The van der Waals surface area contributed by atoms with Crippen LogP contribution >= 0.6 is 11.6 Å². The molecule has 0 aliphatic heterocycles. The second-order valence-corrected chi connectivity index (χ2v) is 5.67. The third-order valence-corrected chi connectivity index (χ3v) is 3.46. The Morgan fingerprint density at radius 2 is 1.92 bits per heavy atom. The van der Waals surface area contributed by atoms with Crippen molar-refractivity contribution in [1.82, 2.24) is 0 Å². The Hall–Kier alpha value is -2.73. The number of benzene rings is 2. The molecule has 0 heterocycles. The fraction of sp³-hybridized carbons (Fsp3) is 0.176. The van der Waals surface area contributed by atoms with Crippen molar-refractivity contribution in [2.45, 2.75) is 0 Å². The Morgan fingerprint density at radius 3 is 2.58 bits per heavy atom. The van der Waals surface area contributed by atoms with Crippen LogP contribution in [0.5, 0.6) is 5.75 Å². The molecule has 0 aliphatic carbocycles. The van der Waals surface area contributed by atoms with Gasteiger partial charge in [0.1, 0.15) is 5.75 Å². The molecule has 126 valence electrons. The van der Waals surface area contributed by atoms with Gasteiger partial charge in [-0.05, 0) is 30.3 Å². The maximum Gasteiger partial charge on any atom is 0.255 e. The molecule has 0 bridgehead atoms. The Bertz CT molecular complexity index is 762. The third-order valence-electron chi connectivity index (χ3n) is 3.16. The lowest BCUT2D eigenvalue weighted by Crippen LogP contribution is -2.20. The molecule has 2 rings (SSSR count). The highest BCUT2D eigenvalue weighted by Crippen LogP contribution is 2.32. The second kappa shape index (κ2) is 7.70. The van der Waals surface area contributed by atoms with E-state index in [4.69, 9.17) is 22.1 Å². The molecule has 0 fully saturated rings. The molecule has 0 aromatic heterocycles. The maximum atomic E-state index is 12.5. The van der Waals surface area contributed by atoms with Gasteiger partial charge in [-0.15, -0.1) is 0 Å². The van der Waals surface area contributed by atoms with E-state index in [1.165, 1.54) is 6.07 Å². The van der Waals surface area contributed by atoms with Crippen molar-refractivity contribution in [3.63, 3.8) is 0 Å². The lowest BCUT2D eigenvalue weighted by Gasteiger charge is -2.19. The normalized spacial score (nSPS) is 10.1. The number of ether oxygens (including phenoxy) is 1. The van der Waals surface area contributed by atoms with Crippen molar-refractivity contribution in [1.29, 1.82) is 0 Å². The number of hydrogen-bond donors (Lipinski definition) is 2. The molecule has 3 N–H and O–H groups in total. The first-order valence-electron chi connectivity index (χ1n) is 7.17. The molecular formula is C17H18ClN3O3. The van der Waals surface area contributed by atoms with Crippen molar-refractivity contribution >= 4 is 34.8 Å². The summed E-state index contributed by atoms with van der Waals surface area (Å²) in [6, 6.07) is 11.8. The number of carbonyl (C=O) groups is 2. The van der Waals surface area contributed by atoms with E-state index in [1.807, 2.05) is 19.0 Å². The summed E-state index contributed by atoms with van der Waals surface area (Å²) in [5.74, 6) is -0.510. The van der Waals surface area contributed by atoms with E-state index in [2.05, 4.69) is 5.32 Å². The number of nitrogens with one attached hydrogen (secondary N) is 1. The zero-order chi connectivity index (χ0) is 17.7. The molecule has 24 heavy (non-hydrogen) atoms. The molecule has 0 aliphatic rings. The van der Waals surface area contributed by atoms with Crippen molar-refractivity contribution in [2.24, 2.45) is 5.73 Å². The van der Waals surface area contributed by atoms with Crippen LogP contribution < -0.4 is 20.7 Å². The first-order valence-corrected chi connectivity index (χ1v) is 7.54. The number of anilines is 2. The van der Waals surface area contributed by atoms with Crippen molar-refractivity contribution < 1.29 is 14.3 Å². The van der Waals surface area contributed by atoms with E-state index in [1.54, 1.807) is 36.4 Å². The van der Waals surface area contributed by atoms with E-state index >= 15 is 0 Å². The predicted octanol–water partition coefficient (Wildman–Crippen LogP) is 2.52. The first kappa shape index (κ1) is 17.6. The van der Waals surface area contributed by atoms with E-state index in [-0.39, 0.29) is 12.5 Å². The highest BCUT2D eigenvalue weighted by Gasteiger charge is 2.13. The van der Waals surface area contributed by atoms with Gasteiger partial charge in [0, 0.05) is 19.7 Å². The topological polar surface area (TPSA) is 84.7 Å². The van der Waals surface area contributed by atoms with Gasteiger partial charge in [0.25, 0.3) is 11.8 Å². The quantitative estimate of drug-likeness (QED) is 0.841. The molecule has 0 radical (unpaired) electrons. The predicted molar refractivity (Wildman–Crippen MR) is 94.9 cm³/mol. The zero-order valence-electron chi connectivity index (χ0n) is 13.4. The van der Waals surface area contributed by atoms with E-state index in [0.717, 1.165) is 0 Å². The summed E-state index contributed by atoms with van der Waals surface area (Å²) < 4.78 is 5.21. The number of amides is 2. The Morgan fingerprint density at radius 1 is 1.21 bits per heavy atom. The standard InChI is InChI=1S/C17H18ClN3O3/c1-21(2)16-13(18)7-4-8-14(16)20-17(23)11-5-3-6-12(9-11)24-10-15(19)22/h3-9H,10H2,1-2H3,(H2,19,22)(H,20,23). The molecule has 6 nitrogen and oxygen atoms in total. The number of nitrogens with two attached hydrogens (primary N) is 1. The van der Waals surface area contributed by atoms with Gasteiger partial charge in [-0.1, -0.05) is 23.7 Å². The summed E-state index contributed by atoms with van der Waals surface area (Å²) in [6.07, 6.45) is 0. The minimum Gasteiger partial charge on any atom is -0.484 e. The van der Waals surface area contributed by atoms with Gasteiger partial charge < -0.3 is 20.7 Å². The van der Waals surface area contributed by atoms with Crippen LogP contribution in [0, 0.1) is 0 Å². The van der Waals surface area contributed by atoms with E-state index in [0.29, 0.717) is 27.7 Å². The van der Waals surface area contributed by atoms with Crippen molar-refractivity contribution in [3.8, 4) is 5.75 Å². The molecule has 7 heteroatoms. The number of carbonyl (C=O) groups excluding carboxylic acids is 2. The number of nitrogens with zero attached hydrogens (tertiary/aromatic N) is 1. The second-order valence-electron chi connectivity index (χ2n) is 5.27. The van der Waals surface area contributed by atoms with Gasteiger partial charge in [-0.2, -0.15) is 0 Å². The summed E-state index contributed by atoms with van der Waals surface area (Å²) in [5, 5.41) is 3.37. The molecule has 0 spiro atoms. The monoisotopic (exact) mass is 347 g/mol. The van der Waals surface area contributed by atoms with Crippen molar-refractivity contribution in [3.05, 3.63) is 53.1 Å². The van der Waals surface area contributed by atoms with Crippen LogP contribution in [0.15, 0.2) is 42.5 Å². The van der Waals surface area contributed by atoms with Crippen LogP contribution in [-0.2, 0) is 4.79 Å². The highest BCUT2D eigenvalue weighted by molar-refractivity contribution is 6.34. The molecule has 2 aromatic rings. The van der Waals surface area contributed by atoms with E-state index in [9.17, 15) is 9.59 Å². The number of primary amides is 1. The largest absolute Gasteiger partial charge is 0.484 e. The molecule has 0 saturated heterocycles. The summed E-state index contributed by atoms with van der Waals surface area (Å²) in [5.41, 5.74) is 6.74. The average molecular weight is 348 g/mol. The average Bonchev–Trinajstić information content (AvgIpc) is 2.53. The Labute approximate surface area is 145 Å². The van der Waals surface area contributed by atoms with Gasteiger partial charge in [-0.25, -0.2) is 0 Å². The van der Waals surface area contributed by atoms with Crippen LogP contribution in [0.3, 0.4) is 0 Å². The first-order chi connectivity index (χ1) is 11.4. The Kier molecular flexibility index (Phi) is 5.65. The fourth-order valence-corrected chi connectivity index (χ4v) is 2.49.